The van der Waals surface area contributed by atoms with E-state index in [4.69, 9.17) is 5.73 Å². The number of rotatable bonds is 3. The van der Waals surface area contributed by atoms with Crippen LogP contribution < -0.4 is 5.73 Å². The number of amides is 1. The van der Waals surface area contributed by atoms with Crippen molar-refractivity contribution in [3.63, 3.8) is 0 Å². The lowest BCUT2D eigenvalue weighted by Crippen LogP contribution is -2.64. The predicted molar refractivity (Wildman–Crippen MR) is 86.8 cm³/mol. The Kier molecular flexibility index (Phi) is 4.59. The largest absolute Gasteiger partial charge is 0.343 e. The molecule has 2 unspecified atom stereocenters. The second-order valence-corrected chi connectivity index (χ2v) is 7.81. The third-order valence-corrected chi connectivity index (χ3v) is 5.74. The van der Waals surface area contributed by atoms with Gasteiger partial charge in [-0.2, -0.15) is 0 Å². The average molecular weight is 360 g/mol. The predicted octanol–water partition coefficient (Wildman–Crippen LogP) is 2.45. The molecule has 0 radical (unpaired) electrons. The fourth-order valence-electron chi connectivity index (χ4n) is 2.90. The van der Waals surface area contributed by atoms with Crippen LogP contribution in [0.3, 0.4) is 0 Å². The molecule has 1 amide bonds. The molecular formula is C14H22BrN3OS. The van der Waals surface area contributed by atoms with Crippen LogP contribution in [0.15, 0.2) is 15.9 Å². The first kappa shape index (κ1) is 15.9. The fraction of sp³-hybridized carbons (Fsp3) is 0.643. The molecule has 0 saturated carbocycles. The SMILES string of the molecule is CC(N)C(c1cc(Br)cs1)N1CCN(C)C(=O)C1(C)C. The molecule has 0 aliphatic carbocycles. The summed E-state index contributed by atoms with van der Waals surface area (Å²) in [6.45, 7) is 7.58. The Balaban J connectivity index is 2.37. The highest BCUT2D eigenvalue weighted by Crippen LogP contribution is 2.37. The van der Waals surface area contributed by atoms with Gasteiger partial charge in [0.05, 0.1) is 11.6 Å². The van der Waals surface area contributed by atoms with E-state index in [1.807, 2.05) is 27.8 Å². The lowest BCUT2D eigenvalue weighted by atomic mass is 9.92. The van der Waals surface area contributed by atoms with Crippen molar-refractivity contribution in [2.45, 2.75) is 38.4 Å². The number of halogens is 1. The average Bonchev–Trinajstić information content (AvgIpc) is 2.76. The number of carbonyl (C=O) groups is 1. The van der Waals surface area contributed by atoms with Gasteiger partial charge in [-0.05, 0) is 42.8 Å². The Morgan fingerprint density at radius 1 is 1.45 bits per heavy atom. The van der Waals surface area contributed by atoms with E-state index < -0.39 is 5.54 Å². The molecule has 1 aromatic rings. The van der Waals surface area contributed by atoms with Crippen LogP contribution in [-0.4, -0.2) is 47.4 Å². The third kappa shape index (κ3) is 2.79. The Morgan fingerprint density at radius 2 is 2.10 bits per heavy atom. The molecule has 2 atom stereocenters. The van der Waals surface area contributed by atoms with E-state index in [0.29, 0.717) is 0 Å². The lowest BCUT2D eigenvalue weighted by Gasteiger charge is -2.49. The van der Waals surface area contributed by atoms with Crippen LogP contribution in [0.5, 0.6) is 0 Å². The van der Waals surface area contributed by atoms with Crippen LogP contribution in [0.2, 0.25) is 0 Å². The van der Waals surface area contributed by atoms with Crippen molar-refractivity contribution >= 4 is 33.2 Å². The second kappa shape index (κ2) is 5.75. The fourth-order valence-corrected chi connectivity index (χ4v) is 4.57. The van der Waals surface area contributed by atoms with Crippen molar-refractivity contribution in [2.75, 3.05) is 20.1 Å². The monoisotopic (exact) mass is 359 g/mol. The van der Waals surface area contributed by atoms with E-state index in [9.17, 15) is 4.79 Å². The number of thiophene rings is 1. The molecule has 112 valence electrons. The summed E-state index contributed by atoms with van der Waals surface area (Å²) in [4.78, 5) is 17.7. The van der Waals surface area contributed by atoms with Crippen molar-refractivity contribution in [3.8, 4) is 0 Å². The normalized spacial score (nSPS) is 22.9. The molecule has 6 heteroatoms. The van der Waals surface area contributed by atoms with Crippen LogP contribution >= 0.6 is 27.3 Å². The van der Waals surface area contributed by atoms with Crippen LogP contribution in [0.4, 0.5) is 0 Å². The van der Waals surface area contributed by atoms with Gasteiger partial charge in [-0.3, -0.25) is 9.69 Å². The minimum Gasteiger partial charge on any atom is -0.343 e. The maximum atomic E-state index is 12.5. The van der Waals surface area contributed by atoms with Gasteiger partial charge in [0.2, 0.25) is 5.91 Å². The summed E-state index contributed by atoms with van der Waals surface area (Å²) in [5.74, 6) is 0.157. The van der Waals surface area contributed by atoms with E-state index in [1.165, 1.54) is 4.88 Å². The summed E-state index contributed by atoms with van der Waals surface area (Å²) in [5.41, 5.74) is 5.71. The van der Waals surface area contributed by atoms with Crippen molar-refractivity contribution in [3.05, 3.63) is 20.8 Å². The number of hydrogen-bond donors (Lipinski definition) is 1. The van der Waals surface area contributed by atoms with Gasteiger partial charge in [-0.1, -0.05) is 0 Å². The van der Waals surface area contributed by atoms with Gasteiger partial charge >= 0.3 is 0 Å². The van der Waals surface area contributed by atoms with E-state index in [2.05, 4.69) is 32.3 Å². The van der Waals surface area contributed by atoms with E-state index in [-0.39, 0.29) is 18.0 Å². The first-order valence-electron chi connectivity index (χ1n) is 6.77. The molecule has 1 aromatic heterocycles. The number of likely N-dealkylation sites (N-methyl/N-ethyl adjacent to an activating group) is 1. The number of piperazine rings is 1. The first-order chi connectivity index (χ1) is 9.25. The summed E-state index contributed by atoms with van der Waals surface area (Å²) in [5, 5.41) is 2.07. The number of nitrogens with zero attached hydrogens (tertiary/aromatic N) is 2. The van der Waals surface area contributed by atoms with Gasteiger partial charge in [0.1, 0.15) is 0 Å². The van der Waals surface area contributed by atoms with Gasteiger partial charge in [0.25, 0.3) is 0 Å². The minimum atomic E-state index is -0.526. The molecule has 2 rings (SSSR count). The lowest BCUT2D eigenvalue weighted by molar-refractivity contribution is -0.150. The van der Waals surface area contributed by atoms with Gasteiger partial charge < -0.3 is 10.6 Å². The quantitative estimate of drug-likeness (QED) is 0.901. The van der Waals surface area contributed by atoms with E-state index in [0.717, 1.165) is 17.6 Å². The Bertz CT molecular complexity index is 500. The molecule has 1 aliphatic heterocycles. The zero-order chi connectivity index (χ0) is 15.1. The topological polar surface area (TPSA) is 49.6 Å². The number of carbonyl (C=O) groups excluding carboxylic acids is 1. The summed E-state index contributed by atoms with van der Waals surface area (Å²) in [6.07, 6.45) is 0. The van der Waals surface area contributed by atoms with E-state index in [1.54, 1.807) is 16.2 Å². The molecular weight excluding hydrogens is 338 g/mol. The molecule has 0 spiro atoms. The summed E-state index contributed by atoms with van der Waals surface area (Å²) < 4.78 is 1.07. The molecule has 0 bridgehead atoms. The highest BCUT2D eigenvalue weighted by atomic mass is 79.9. The van der Waals surface area contributed by atoms with Crippen LogP contribution in [-0.2, 0) is 4.79 Å². The molecule has 1 aliphatic rings. The van der Waals surface area contributed by atoms with Gasteiger partial charge in [-0.25, -0.2) is 0 Å². The van der Waals surface area contributed by atoms with Gasteiger partial charge in [0.15, 0.2) is 0 Å². The number of hydrogen-bond acceptors (Lipinski definition) is 4. The Morgan fingerprint density at radius 3 is 2.60 bits per heavy atom. The molecule has 1 fully saturated rings. The zero-order valence-corrected chi connectivity index (χ0v) is 14.8. The first-order valence-corrected chi connectivity index (χ1v) is 8.44. The maximum Gasteiger partial charge on any atom is 0.242 e. The molecule has 2 heterocycles. The van der Waals surface area contributed by atoms with Crippen LogP contribution in [0.25, 0.3) is 0 Å². The van der Waals surface area contributed by atoms with Crippen LogP contribution in [0, 0.1) is 0 Å². The maximum absolute atomic E-state index is 12.5. The zero-order valence-electron chi connectivity index (χ0n) is 12.4. The van der Waals surface area contributed by atoms with Crippen molar-refractivity contribution in [1.29, 1.82) is 0 Å². The third-order valence-electron chi connectivity index (χ3n) is 3.98. The van der Waals surface area contributed by atoms with Crippen molar-refractivity contribution in [1.82, 2.24) is 9.80 Å². The van der Waals surface area contributed by atoms with E-state index >= 15 is 0 Å². The number of nitrogens with two attached hydrogens (primary N) is 1. The highest BCUT2D eigenvalue weighted by molar-refractivity contribution is 9.10. The molecule has 2 N–H and O–H groups in total. The summed E-state index contributed by atoms with van der Waals surface area (Å²) in [6, 6.07) is 2.15. The molecule has 0 aromatic carbocycles. The summed E-state index contributed by atoms with van der Waals surface area (Å²) in [7, 11) is 1.87. The minimum absolute atomic E-state index is 0.0315. The smallest absolute Gasteiger partial charge is 0.242 e. The standard InChI is InChI=1S/C14H22BrN3OS/c1-9(16)12(11-7-10(15)8-20-11)18-6-5-17(4)13(19)14(18,2)3/h7-9,12H,5-6,16H2,1-4H3. The van der Waals surface area contributed by atoms with Crippen molar-refractivity contribution < 1.29 is 4.79 Å². The van der Waals surface area contributed by atoms with Gasteiger partial charge in [-0.15, -0.1) is 11.3 Å². The molecule has 20 heavy (non-hydrogen) atoms. The highest BCUT2D eigenvalue weighted by Gasteiger charge is 2.45. The Hall–Kier alpha value is -0.430. The van der Waals surface area contributed by atoms with Crippen molar-refractivity contribution in [2.24, 2.45) is 5.73 Å². The Labute approximate surface area is 133 Å². The summed E-state index contributed by atoms with van der Waals surface area (Å²) >= 11 is 5.19. The second-order valence-electron chi connectivity index (χ2n) is 5.95. The molecule has 4 nitrogen and oxygen atoms in total. The van der Waals surface area contributed by atoms with Gasteiger partial charge in [0, 0.05) is 40.9 Å². The van der Waals surface area contributed by atoms with Crippen LogP contribution in [0.1, 0.15) is 31.7 Å². The molecule has 1 saturated heterocycles.